The number of nitrogens with one attached hydrogen (secondary N) is 1. The van der Waals surface area contributed by atoms with Crippen molar-refractivity contribution in [1.82, 2.24) is 14.8 Å². The van der Waals surface area contributed by atoms with Crippen LogP contribution in [0, 0.1) is 0 Å². The van der Waals surface area contributed by atoms with Crippen molar-refractivity contribution in [1.29, 1.82) is 0 Å². The average molecular weight is 633 g/mol. The van der Waals surface area contributed by atoms with E-state index in [-0.39, 0.29) is 0 Å². The summed E-state index contributed by atoms with van der Waals surface area (Å²) in [5.41, 5.74) is 3.62. The number of aliphatic carboxylic acids is 4. The quantitative estimate of drug-likeness (QED) is 0.153. The molecule has 13 nitrogen and oxygen atoms in total. The summed E-state index contributed by atoms with van der Waals surface area (Å²) < 4.78 is 6.96. The minimum Gasteiger partial charge on any atom is -0.473 e. The molecule has 1 aliphatic heterocycles. The lowest BCUT2D eigenvalue weighted by atomic mass is 10.1. The summed E-state index contributed by atoms with van der Waals surface area (Å²) in [6.45, 7) is 12.0. The first-order valence-corrected chi connectivity index (χ1v) is 15.0. The molecule has 2 heterocycles. The molecule has 0 bridgehead atoms. The molecule has 240 valence electrons. The van der Waals surface area contributed by atoms with E-state index in [1.807, 2.05) is 0 Å². The Kier molecular flexibility index (Phi) is 15.6. The summed E-state index contributed by atoms with van der Waals surface area (Å²) >= 11 is 1.64. The number of benzene rings is 2. The highest BCUT2D eigenvalue weighted by molar-refractivity contribution is 7.20. The van der Waals surface area contributed by atoms with E-state index < -0.39 is 23.9 Å². The molecule has 5 N–H and O–H groups in total. The minimum atomic E-state index is -1.82. The number of unbranched alkanes of at least 4 members (excludes halogenated alkanes) is 1. The van der Waals surface area contributed by atoms with Crippen LogP contribution in [0.2, 0.25) is 0 Å². The third-order valence-electron chi connectivity index (χ3n) is 6.43. The Morgan fingerprint density at radius 1 is 0.909 bits per heavy atom. The standard InChI is InChI=1S/C26H36N4OS.2C2H2O4/c1-3-4-18-31-26-28-24-11-10-23(19-25(24)32-26)27-21(2)20-30-16-14-29(15-17-30)13-12-22-8-6-5-7-9-22;2*3-1(4)2(5)6/h5-11,19,21,27H,3-4,12-18,20H2,1-2H3;2*(H,3,4)(H,5,6). The molecule has 1 aliphatic rings. The SMILES string of the molecule is CCCCOc1nc2ccc(NC(C)CN3CCN(CCc4ccccc4)CC3)cc2s1.O=C(O)C(=O)O.O=C(O)C(=O)O. The number of fused-ring (bicyclic) bond motifs is 1. The maximum atomic E-state index is 9.10. The van der Waals surface area contributed by atoms with Crippen molar-refractivity contribution in [2.45, 2.75) is 39.2 Å². The third-order valence-corrected chi connectivity index (χ3v) is 7.36. The van der Waals surface area contributed by atoms with Crippen LogP contribution in [0.25, 0.3) is 10.2 Å². The first-order chi connectivity index (χ1) is 21.0. The van der Waals surface area contributed by atoms with E-state index in [9.17, 15) is 0 Å². The van der Waals surface area contributed by atoms with E-state index in [1.165, 1.54) is 10.3 Å². The highest BCUT2D eigenvalue weighted by Crippen LogP contribution is 2.30. The monoisotopic (exact) mass is 632 g/mol. The second-order valence-corrected chi connectivity index (χ2v) is 11.0. The Hall–Kier alpha value is -4.27. The van der Waals surface area contributed by atoms with Crippen LogP contribution < -0.4 is 10.1 Å². The molecule has 1 atom stereocenters. The number of carbonyl (C=O) groups is 4. The number of carboxylic acids is 4. The van der Waals surface area contributed by atoms with E-state index in [2.05, 4.69) is 82.5 Å². The molecule has 1 unspecified atom stereocenters. The second-order valence-electron chi connectivity index (χ2n) is 10.0. The number of ether oxygens (including phenoxy) is 1. The third kappa shape index (κ3) is 13.8. The fourth-order valence-electron chi connectivity index (χ4n) is 4.20. The molecule has 2 aromatic carbocycles. The van der Waals surface area contributed by atoms with Crippen LogP contribution in [0.4, 0.5) is 5.69 Å². The summed E-state index contributed by atoms with van der Waals surface area (Å²) in [4.78, 5) is 46.2. The molecule has 0 saturated carbocycles. The zero-order chi connectivity index (χ0) is 32.5. The molecule has 44 heavy (non-hydrogen) atoms. The average Bonchev–Trinajstić information content (AvgIpc) is 3.40. The zero-order valence-corrected chi connectivity index (χ0v) is 25.7. The fourth-order valence-corrected chi connectivity index (χ4v) is 5.08. The Morgan fingerprint density at radius 3 is 2.07 bits per heavy atom. The normalized spacial score (nSPS) is 13.9. The fraction of sp³-hybridized carbons (Fsp3) is 0.433. The lowest BCUT2D eigenvalue weighted by molar-refractivity contribution is -0.159. The summed E-state index contributed by atoms with van der Waals surface area (Å²) in [6, 6.07) is 17.7. The maximum absolute atomic E-state index is 9.10. The first-order valence-electron chi connectivity index (χ1n) is 14.2. The van der Waals surface area contributed by atoms with Gasteiger partial charge in [0.2, 0.25) is 0 Å². The molecule has 4 rings (SSSR count). The number of aromatic nitrogens is 1. The summed E-state index contributed by atoms with van der Waals surface area (Å²) in [5.74, 6) is -7.30. The predicted octanol–water partition coefficient (Wildman–Crippen LogP) is 3.45. The molecule has 14 heteroatoms. The Balaban J connectivity index is 0.000000477. The van der Waals surface area contributed by atoms with Crippen LogP contribution in [0.15, 0.2) is 48.5 Å². The number of rotatable bonds is 11. The van der Waals surface area contributed by atoms with Gasteiger partial charge in [0.05, 0.1) is 16.8 Å². The number of hydrogen-bond acceptors (Lipinski definition) is 10. The lowest BCUT2D eigenvalue weighted by Gasteiger charge is -2.36. The van der Waals surface area contributed by atoms with Gasteiger partial charge in [0.1, 0.15) is 0 Å². The van der Waals surface area contributed by atoms with Gasteiger partial charge in [-0.15, -0.1) is 0 Å². The molecule has 1 aromatic heterocycles. The molecular formula is C30H40N4O9S. The van der Waals surface area contributed by atoms with Crippen molar-refractivity contribution in [3.8, 4) is 5.19 Å². The van der Waals surface area contributed by atoms with E-state index >= 15 is 0 Å². The number of hydrogen-bond donors (Lipinski definition) is 5. The van der Waals surface area contributed by atoms with Gasteiger partial charge in [0.25, 0.3) is 5.19 Å². The second kappa shape index (κ2) is 19.1. The summed E-state index contributed by atoms with van der Waals surface area (Å²) in [6.07, 6.45) is 3.35. The summed E-state index contributed by atoms with van der Waals surface area (Å²) in [7, 11) is 0. The number of carboxylic acid groups (broad SMARTS) is 4. The molecule has 0 aliphatic carbocycles. The van der Waals surface area contributed by atoms with Crippen LogP contribution in [0.5, 0.6) is 5.19 Å². The Labute approximate surface area is 259 Å². The van der Waals surface area contributed by atoms with Gasteiger partial charge in [-0.2, -0.15) is 0 Å². The van der Waals surface area contributed by atoms with Crippen molar-refractivity contribution in [2.24, 2.45) is 0 Å². The number of nitrogens with zero attached hydrogens (tertiary/aromatic N) is 3. The van der Waals surface area contributed by atoms with Gasteiger partial charge in [-0.05, 0) is 43.5 Å². The van der Waals surface area contributed by atoms with Crippen LogP contribution in [-0.2, 0) is 25.6 Å². The minimum absolute atomic E-state index is 0.400. The van der Waals surface area contributed by atoms with E-state index in [4.69, 9.17) is 44.3 Å². The highest BCUT2D eigenvalue weighted by atomic mass is 32.1. The van der Waals surface area contributed by atoms with Gasteiger partial charge < -0.3 is 35.4 Å². The maximum Gasteiger partial charge on any atom is 0.414 e. The topological polar surface area (TPSA) is 190 Å². The van der Waals surface area contributed by atoms with Crippen molar-refractivity contribution in [2.75, 3.05) is 51.2 Å². The number of piperazine rings is 1. The van der Waals surface area contributed by atoms with E-state index in [1.54, 1.807) is 11.3 Å². The smallest absolute Gasteiger partial charge is 0.414 e. The van der Waals surface area contributed by atoms with Crippen molar-refractivity contribution in [3.05, 3.63) is 54.1 Å². The van der Waals surface area contributed by atoms with E-state index in [0.29, 0.717) is 6.04 Å². The molecular weight excluding hydrogens is 592 g/mol. The van der Waals surface area contributed by atoms with Gasteiger partial charge >= 0.3 is 23.9 Å². The van der Waals surface area contributed by atoms with Crippen LogP contribution in [-0.4, -0.2) is 111 Å². The van der Waals surface area contributed by atoms with Gasteiger partial charge in [-0.1, -0.05) is 55.0 Å². The van der Waals surface area contributed by atoms with Crippen LogP contribution >= 0.6 is 11.3 Å². The van der Waals surface area contributed by atoms with Gasteiger partial charge in [0.15, 0.2) is 0 Å². The molecule has 1 saturated heterocycles. The summed E-state index contributed by atoms with van der Waals surface area (Å²) in [5, 5.41) is 34.0. The molecule has 1 fully saturated rings. The Morgan fingerprint density at radius 2 is 1.50 bits per heavy atom. The van der Waals surface area contributed by atoms with Gasteiger partial charge in [-0.3, -0.25) is 4.90 Å². The predicted molar refractivity (Wildman–Crippen MR) is 167 cm³/mol. The van der Waals surface area contributed by atoms with Crippen molar-refractivity contribution >= 4 is 51.1 Å². The first kappa shape index (κ1) is 35.9. The van der Waals surface area contributed by atoms with Crippen LogP contribution in [0.1, 0.15) is 32.3 Å². The van der Waals surface area contributed by atoms with Crippen LogP contribution in [0.3, 0.4) is 0 Å². The number of anilines is 1. The number of thiazole rings is 1. The molecule has 0 radical (unpaired) electrons. The molecule has 0 spiro atoms. The molecule has 0 amide bonds. The highest BCUT2D eigenvalue weighted by Gasteiger charge is 2.18. The van der Waals surface area contributed by atoms with Gasteiger partial charge in [-0.25, -0.2) is 24.2 Å². The van der Waals surface area contributed by atoms with E-state index in [0.717, 1.165) is 81.5 Å². The zero-order valence-electron chi connectivity index (χ0n) is 24.8. The van der Waals surface area contributed by atoms with Crippen molar-refractivity contribution < 1.29 is 44.3 Å². The molecule has 3 aromatic rings. The largest absolute Gasteiger partial charge is 0.473 e. The van der Waals surface area contributed by atoms with Gasteiger partial charge in [0, 0.05) is 51.0 Å². The Bertz CT molecular complexity index is 1300. The van der Waals surface area contributed by atoms with Crippen molar-refractivity contribution in [3.63, 3.8) is 0 Å². The lowest BCUT2D eigenvalue weighted by Crippen LogP contribution is -2.49.